The fourth-order valence-corrected chi connectivity index (χ4v) is 24.3. The summed E-state index contributed by atoms with van der Waals surface area (Å²) in [6, 6.07) is 133. The molecule has 0 atom stereocenters. The number of fused-ring (bicyclic) bond motifs is 24. The van der Waals surface area contributed by atoms with Crippen LogP contribution in [0.25, 0.3) is 208 Å². The molecule has 13 nitrogen and oxygen atoms in total. The van der Waals surface area contributed by atoms with E-state index in [1.807, 2.05) is 231 Å². The molecule has 26 rings (SSSR count). The van der Waals surface area contributed by atoms with Gasteiger partial charge in [0.2, 0.25) is 0 Å². The van der Waals surface area contributed by atoms with Crippen molar-refractivity contribution in [3.8, 4) is 56.4 Å². The standard InChI is InChI=1S/C41H28N2O3.C41H30N2O2.C40H28N2O2Si/c1-24(2)25-16-18-27(19-17-25)43-40(44)34-21-33-29-13-7-9-15-38(29)46-39(33)23-31(34)30-20-32-28-12-6-8-14-36(28)42(26-10-4-3-5-11-26)37(32)22-35(30)41(43)45;1-26(2)27-12-11-13-28(22-27)29-20-21-33-34(23-29)35-24-36-32-18-9-10-19-38(32)42(30-14-5-3-6-15-30)39(36)25-37(35)41(45)43(40(33)44)31-16-7-4-8-17-31;1-45(2)37-20-12-10-18-28(37)32-22-33-30(24-38(32)45)29-21-31-27-17-9-11-19-35(27)41(25-13-5-3-6-14-25)36(31)23-34(29)40(44)42(39(33)43)26-15-7-4-8-16-26/h3-24H,1-2H3;3-26H,1-2H3;3-24H,1-2H3. The van der Waals surface area contributed by atoms with Crippen LogP contribution in [0.1, 0.15) is 50.7 Å². The Kier molecular flexibility index (Phi) is 19.3. The molecule has 0 bridgehead atoms. The lowest BCUT2D eigenvalue weighted by molar-refractivity contribution is 0.669. The molecule has 1 aliphatic heterocycles. The molecule has 0 aliphatic carbocycles. The van der Waals surface area contributed by atoms with E-state index in [9.17, 15) is 28.8 Å². The molecular weight excluding hydrogens is 1690 g/mol. The molecule has 0 N–H and O–H groups in total. The highest BCUT2D eigenvalue weighted by Crippen LogP contribution is 2.43. The van der Waals surface area contributed by atoms with Gasteiger partial charge in [0, 0.05) is 76.3 Å². The monoisotopic (exact) mass is 1770 g/mol. The first kappa shape index (κ1) is 82.0. The Morgan fingerprint density at radius 1 is 0.199 bits per heavy atom. The average Bonchev–Trinajstić information content (AvgIpc) is 1.54. The maximum atomic E-state index is 14.8. The molecule has 0 spiro atoms. The lowest BCUT2D eigenvalue weighted by Gasteiger charge is -2.18. The van der Waals surface area contributed by atoms with E-state index in [1.54, 1.807) is 0 Å². The summed E-state index contributed by atoms with van der Waals surface area (Å²) < 4.78 is 16.9. The van der Waals surface area contributed by atoms with Crippen molar-refractivity contribution in [2.45, 2.75) is 52.6 Å². The minimum atomic E-state index is -2.05. The van der Waals surface area contributed by atoms with Crippen LogP contribution in [0.15, 0.2) is 434 Å². The quantitative estimate of drug-likeness (QED) is 0.131. The number of aromatic nitrogens is 6. The maximum absolute atomic E-state index is 14.8. The van der Waals surface area contributed by atoms with Crippen molar-refractivity contribution in [2.75, 3.05) is 0 Å². The molecule has 650 valence electrons. The summed E-state index contributed by atoms with van der Waals surface area (Å²) in [6.07, 6.45) is 0. The second kappa shape index (κ2) is 32.1. The third-order valence-electron chi connectivity index (χ3n) is 27.9. The van der Waals surface area contributed by atoms with Crippen LogP contribution < -0.4 is 43.7 Å². The summed E-state index contributed by atoms with van der Waals surface area (Å²) in [5.41, 5.74) is 16.8. The largest absolute Gasteiger partial charge is 0.456 e. The first-order valence-electron chi connectivity index (χ1n) is 46.1. The summed E-state index contributed by atoms with van der Waals surface area (Å²) >= 11 is 0. The smallest absolute Gasteiger partial charge is 0.266 e. The lowest BCUT2D eigenvalue weighted by Crippen LogP contribution is -2.49. The Morgan fingerprint density at radius 3 is 1.00 bits per heavy atom. The zero-order valence-corrected chi connectivity index (χ0v) is 76.3. The third kappa shape index (κ3) is 13.0. The van der Waals surface area contributed by atoms with Crippen molar-refractivity contribution in [1.82, 2.24) is 27.4 Å². The molecule has 0 unspecified atom stereocenters. The number of benzene rings is 18. The number of rotatable bonds is 9. The van der Waals surface area contributed by atoms with Crippen molar-refractivity contribution in [2.24, 2.45) is 0 Å². The van der Waals surface area contributed by atoms with E-state index in [0.29, 0.717) is 77.6 Å². The van der Waals surface area contributed by atoms with E-state index in [-0.39, 0.29) is 33.4 Å². The number of hydrogen-bond acceptors (Lipinski definition) is 7. The SMILES string of the molecule is CC(C)c1ccc(-n2c(=O)c3cc4c(cc3c3cc5c6ccccc6n(-c6ccccc6)c5cc3c2=O)oc2ccccc24)cc1.CC(C)c1cccc(-c2ccc3c(=O)n(-c4ccccc4)c(=O)c4cc5c(cc4c3c2)c2ccccc2n5-c2ccccc2)c1.C[Si]1(C)c2ccccc2-c2cc3c(=O)n(-c4ccccc4)c(=O)c4cc5c(cc4c3cc21)c1ccccc1n5-c1ccccc1. The minimum Gasteiger partial charge on any atom is -0.456 e. The van der Waals surface area contributed by atoms with E-state index in [0.717, 1.165) is 143 Å². The first-order valence-corrected chi connectivity index (χ1v) is 49.1. The summed E-state index contributed by atoms with van der Waals surface area (Å²) in [5, 5.41) is 18.3. The molecule has 25 aromatic rings. The number of hydrogen-bond donors (Lipinski definition) is 0. The second-order valence-corrected chi connectivity index (χ2v) is 41.0. The summed E-state index contributed by atoms with van der Waals surface area (Å²) in [6.45, 7) is 13.4. The molecule has 18 aromatic carbocycles. The van der Waals surface area contributed by atoms with Gasteiger partial charge in [0.1, 0.15) is 19.2 Å². The van der Waals surface area contributed by atoms with Crippen LogP contribution in [0.4, 0.5) is 0 Å². The van der Waals surface area contributed by atoms with E-state index in [1.165, 1.54) is 35.2 Å². The highest BCUT2D eigenvalue weighted by Gasteiger charge is 2.38. The van der Waals surface area contributed by atoms with Crippen LogP contribution in [-0.4, -0.2) is 35.5 Å². The summed E-state index contributed by atoms with van der Waals surface area (Å²) in [5.74, 6) is 0.710. The molecular formula is C122H86N6O7Si. The molecule has 8 heterocycles. The Morgan fingerprint density at radius 2 is 0.544 bits per heavy atom. The van der Waals surface area contributed by atoms with Crippen molar-refractivity contribution in [1.29, 1.82) is 0 Å². The van der Waals surface area contributed by atoms with Gasteiger partial charge in [0.15, 0.2) is 0 Å². The van der Waals surface area contributed by atoms with Crippen molar-refractivity contribution in [3.05, 3.63) is 474 Å². The van der Waals surface area contributed by atoms with Gasteiger partial charge in [-0.05, 0) is 252 Å². The zero-order chi connectivity index (χ0) is 92.2. The molecule has 14 heteroatoms. The van der Waals surface area contributed by atoms with E-state index < -0.39 is 8.07 Å². The lowest BCUT2D eigenvalue weighted by atomic mass is 9.95. The van der Waals surface area contributed by atoms with Gasteiger partial charge in [-0.2, -0.15) is 0 Å². The number of nitrogens with zero attached hydrogens (tertiary/aromatic N) is 6. The zero-order valence-electron chi connectivity index (χ0n) is 75.3. The van der Waals surface area contributed by atoms with E-state index in [4.69, 9.17) is 4.42 Å². The number of furan rings is 1. The highest BCUT2D eigenvalue weighted by atomic mass is 28.3. The van der Waals surface area contributed by atoms with Gasteiger partial charge in [-0.3, -0.25) is 28.8 Å². The van der Waals surface area contributed by atoms with Crippen LogP contribution in [0.3, 0.4) is 0 Å². The predicted molar refractivity (Wildman–Crippen MR) is 566 cm³/mol. The van der Waals surface area contributed by atoms with Gasteiger partial charge >= 0.3 is 0 Å². The second-order valence-electron chi connectivity index (χ2n) is 36.7. The fraction of sp³-hybridized carbons (Fsp3) is 0.0656. The Labute approximate surface area is 779 Å². The Balaban J connectivity index is 0.000000112. The van der Waals surface area contributed by atoms with E-state index >= 15 is 0 Å². The van der Waals surface area contributed by atoms with Gasteiger partial charge in [0.05, 0.1) is 66.3 Å². The first-order chi connectivity index (χ1) is 66.4. The topological polar surface area (TPSA) is 145 Å². The molecule has 136 heavy (non-hydrogen) atoms. The van der Waals surface area contributed by atoms with Gasteiger partial charge in [-0.25, -0.2) is 13.7 Å². The van der Waals surface area contributed by atoms with Crippen LogP contribution >= 0.6 is 0 Å². The normalized spacial score (nSPS) is 12.4. The molecule has 1 aliphatic rings. The molecule has 0 amide bonds. The van der Waals surface area contributed by atoms with Gasteiger partial charge in [-0.1, -0.05) is 277 Å². The van der Waals surface area contributed by atoms with Gasteiger partial charge in [0.25, 0.3) is 33.4 Å². The minimum absolute atomic E-state index is 0.301. The summed E-state index contributed by atoms with van der Waals surface area (Å²) in [4.78, 5) is 87.7. The Hall–Kier alpha value is -17.2. The molecule has 0 radical (unpaired) electrons. The molecule has 0 saturated carbocycles. The van der Waals surface area contributed by atoms with Crippen molar-refractivity contribution in [3.63, 3.8) is 0 Å². The van der Waals surface area contributed by atoms with E-state index in [2.05, 4.69) is 224 Å². The predicted octanol–water partition coefficient (Wildman–Crippen LogP) is 26.4. The fourth-order valence-electron chi connectivity index (χ4n) is 21.2. The highest BCUT2D eigenvalue weighted by molar-refractivity contribution is 7.04. The Bertz CT molecular complexity index is 9790. The van der Waals surface area contributed by atoms with Gasteiger partial charge in [-0.15, -0.1) is 0 Å². The maximum Gasteiger partial charge on any atom is 0.266 e. The molecule has 0 saturated heterocycles. The van der Waals surface area contributed by atoms with Crippen molar-refractivity contribution < 1.29 is 4.42 Å². The van der Waals surface area contributed by atoms with Crippen LogP contribution in [0.2, 0.25) is 13.1 Å². The average molecular weight is 1780 g/mol. The van der Waals surface area contributed by atoms with Crippen LogP contribution in [-0.2, 0) is 0 Å². The molecule has 7 aromatic heterocycles. The van der Waals surface area contributed by atoms with Crippen molar-refractivity contribution >= 4 is 170 Å². The van der Waals surface area contributed by atoms with Gasteiger partial charge < -0.3 is 18.1 Å². The molecule has 0 fully saturated rings. The van der Waals surface area contributed by atoms with Crippen LogP contribution in [0, 0.1) is 0 Å². The summed E-state index contributed by atoms with van der Waals surface area (Å²) in [7, 11) is -2.05. The number of para-hydroxylation sites is 9. The van der Waals surface area contributed by atoms with Crippen LogP contribution in [0.5, 0.6) is 0 Å². The third-order valence-corrected chi connectivity index (χ3v) is 31.5.